The summed E-state index contributed by atoms with van der Waals surface area (Å²) in [7, 11) is 0. The van der Waals surface area contributed by atoms with E-state index < -0.39 is 5.97 Å². The molecule has 0 aromatic rings. The van der Waals surface area contributed by atoms with Crippen LogP contribution < -0.4 is 5.32 Å². The summed E-state index contributed by atoms with van der Waals surface area (Å²) < 4.78 is 0. The Balaban J connectivity index is 2.04. The van der Waals surface area contributed by atoms with Crippen molar-refractivity contribution in [3.8, 4) is 0 Å². The molecule has 0 spiro atoms. The number of carbonyl (C=O) groups is 1. The van der Waals surface area contributed by atoms with Crippen LogP contribution >= 0.6 is 11.8 Å². The highest BCUT2D eigenvalue weighted by Gasteiger charge is 2.14. The summed E-state index contributed by atoms with van der Waals surface area (Å²) >= 11 is 2.05. The summed E-state index contributed by atoms with van der Waals surface area (Å²) in [6.45, 7) is 3.10. The molecule has 4 heteroatoms. The minimum Gasteiger partial charge on any atom is -0.481 e. The highest BCUT2D eigenvalue weighted by atomic mass is 32.2. The molecular weight excluding hydrogens is 210 g/mol. The molecule has 1 saturated heterocycles. The van der Waals surface area contributed by atoms with E-state index in [0.29, 0.717) is 6.04 Å². The molecule has 2 unspecified atom stereocenters. The Morgan fingerprint density at radius 1 is 1.60 bits per heavy atom. The summed E-state index contributed by atoms with van der Waals surface area (Å²) in [5.74, 6) is 0.589. The molecule has 2 N–H and O–H groups in total. The first-order chi connectivity index (χ1) is 7.18. The number of carboxylic acid groups (broad SMARTS) is 1. The first kappa shape index (κ1) is 12.8. The molecule has 1 aliphatic rings. The first-order valence-electron chi connectivity index (χ1n) is 5.75. The average molecular weight is 231 g/mol. The summed E-state index contributed by atoms with van der Waals surface area (Å²) in [5.41, 5.74) is 0. The number of hydrogen-bond donors (Lipinski definition) is 2. The maximum Gasteiger partial charge on any atom is 0.303 e. The van der Waals surface area contributed by atoms with Crippen molar-refractivity contribution in [2.75, 3.05) is 12.3 Å². The van der Waals surface area contributed by atoms with E-state index in [2.05, 4.69) is 24.0 Å². The van der Waals surface area contributed by atoms with E-state index in [9.17, 15) is 4.79 Å². The molecule has 15 heavy (non-hydrogen) atoms. The Labute approximate surface area is 96.0 Å². The Kier molecular flexibility index (Phi) is 6.10. The van der Waals surface area contributed by atoms with Crippen molar-refractivity contribution in [2.45, 2.75) is 50.3 Å². The predicted octanol–water partition coefficient (Wildman–Crippen LogP) is 2.11. The average Bonchev–Trinajstić information content (AvgIpc) is 2.25. The quantitative estimate of drug-likeness (QED) is 0.735. The van der Waals surface area contributed by atoms with Crippen LogP contribution in [-0.2, 0) is 4.79 Å². The topological polar surface area (TPSA) is 49.3 Å². The molecule has 3 nitrogen and oxygen atoms in total. The van der Waals surface area contributed by atoms with Gasteiger partial charge in [0, 0.05) is 24.3 Å². The van der Waals surface area contributed by atoms with Gasteiger partial charge in [-0.1, -0.05) is 6.42 Å². The van der Waals surface area contributed by atoms with Gasteiger partial charge in [-0.2, -0.15) is 11.8 Å². The normalized spacial score (nSPS) is 23.7. The Bertz CT molecular complexity index is 193. The van der Waals surface area contributed by atoms with E-state index in [0.717, 1.165) is 18.2 Å². The van der Waals surface area contributed by atoms with Crippen molar-refractivity contribution in [2.24, 2.45) is 0 Å². The van der Waals surface area contributed by atoms with Crippen molar-refractivity contribution in [3.05, 3.63) is 0 Å². The lowest BCUT2D eigenvalue weighted by molar-refractivity contribution is -0.137. The van der Waals surface area contributed by atoms with Gasteiger partial charge >= 0.3 is 5.97 Å². The minimum atomic E-state index is -0.698. The third-order valence-corrected chi connectivity index (χ3v) is 4.16. The molecule has 1 fully saturated rings. The largest absolute Gasteiger partial charge is 0.481 e. The Hall–Kier alpha value is -0.220. The molecule has 1 aliphatic heterocycles. The molecule has 0 saturated carbocycles. The summed E-state index contributed by atoms with van der Waals surface area (Å²) in [6, 6.07) is 0.323. The van der Waals surface area contributed by atoms with Crippen LogP contribution in [0.2, 0.25) is 0 Å². The van der Waals surface area contributed by atoms with E-state index in [1.165, 1.54) is 25.0 Å². The van der Waals surface area contributed by atoms with Gasteiger partial charge in [-0.3, -0.25) is 4.79 Å². The molecule has 2 atom stereocenters. The van der Waals surface area contributed by atoms with E-state index in [1.54, 1.807) is 0 Å². The number of nitrogens with one attached hydrogen (secondary N) is 1. The Morgan fingerprint density at radius 2 is 2.40 bits per heavy atom. The maximum absolute atomic E-state index is 10.4. The third-order valence-electron chi connectivity index (χ3n) is 2.76. The first-order valence-corrected chi connectivity index (χ1v) is 6.80. The van der Waals surface area contributed by atoms with Crippen molar-refractivity contribution >= 4 is 17.7 Å². The van der Waals surface area contributed by atoms with Gasteiger partial charge in [0.25, 0.3) is 0 Å². The van der Waals surface area contributed by atoms with Crippen LogP contribution in [0.4, 0.5) is 0 Å². The highest BCUT2D eigenvalue weighted by molar-refractivity contribution is 7.99. The molecule has 0 aliphatic carbocycles. The molecular formula is C11H21NO2S. The van der Waals surface area contributed by atoms with Crippen molar-refractivity contribution < 1.29 is 9.90 Å². The molecule has 88 valence electrons. The van der Waals surface area contributed by atoms with Crippen molar-refractivity contribution in [1.29, 1.82) is 0 Å². The molecule has 0 bridgehead atoms. The smallest absolute Gasteiger partial charge is 0.303 e. The zero-order valence-corrected chi connectivity index (χ0v) is 10.2. The van der Waals surface area contributed by atoms with Gasteiger partial charge < -0.3 is 10.4 Å². The fourth-order valence-corrected chi connectivity index (χ4v) is 2.99. The monoisotopic (exact) mass is 231 g/mol. The maximum atomic E-state index is 10.4. The fourth-order valence-electron chi connectivity index (χ4n) is 1.74. The van der Waals surface area contributed by atoms with Crippen LogP contribution in [0.5, 0.6) is 0 Å². The van der Waals surface area contributed by atoms with Gasteiger partial charge in [0.2, 0.25) is 0 Å². The summed E-state index contributed by atoms with van der Waals surface area (Å²) in [6.07, 6.45) is 5.01. The number of rotatable bonds is 6. The van der Waals surface area contributed by atoms with Crippen LogP contribution in [0.25, 0.3) is 0 Å². The van der Waals surface area contributed by atoms with E-state index in [1.807, 2.05) is 0 Å². The van der Waals surface area contributed by atoms with E-state index >= 15 is 0 Å². The molecule has 0 aromatic heterocycles. The molecule has 0 radical (unpaired) electrons. The Morgan fingerprint density at radius 3 is 3.00 bits per heavy atom. The predicted molar refractivity (Wildman–Crippen MR) is 64.4 cm³/mol. The third kappa shape index (κ3) is 6.05. The van der Waals surface area contributed by atoms with Crippen molar-refractivity contribution in [3.63, 3.8) is 0 Å². The van der Waals surface area contributed by atoms with Crippen molar-refractivity contribution in [1.82, 2.24) is 5.32 Å². The van der Waals surface area contributed by atoms with Crippen LogP contribution in [0.15, 0.2) is 0 Å². The van der Waals surface area contributed by atoms with Crippen LogP contribution in [0, 0.1) is 0 Å². The van der Waals surface area contributed by atoms with Gasteiger partial charge in [-0.25, -0.2) is 0 Å². The highest BCUT2D eigenvalue weighted by Crippen LogP contribution is 2.24. The lowest BCUT2D eigenvalue weighted by Gasteiger charge is -2.23. The number of hydrogen-bond acceptors (Lipinski definition) is 3. The zero-order chi connectivity index (χ0) is 11.1. The molecule has 1 rings (SSSR count). The van der Waals surface area contributed by atoms with Gasteiger partial charge in [0.1, 0.15) is 0 Å². The number of carboxylic acids is 1. The minimum absolute atomic E-state index is 0.270. The number of thioether (sulfide) groups is 1. The van der Waals surface area contributed by atoms with E-state index in [4.69, 9.17) is 5.11 Å². The lowest BCUT2D eigenvalue weighted by atomic mass is 10.1. The summed E-state index contributed by atoms with van der Waals surface area (Å²) in [5, 5.41) is 12.7. The molecule has 0 amide bonds. The van der Waals surface area contributed by atoms with Gasteiger partial charge in [-0.15, -0.1) is 0 Å². The van der Waals surface area contributed by atoms with Crippen LogP contribution in [0.3, 0.4) is 0 Å². The molecule has 0 aromatic carbocycles. The molecule has 1 heterocycles. The summed E-state index contributed by atoms with van der Waals surface area (Å²) in [4.78, 5) is 10.4. The van der Waals surface area contributed by atoms with Gasteiger partial charge in [0.15, 0.2) is 0 Å². The van der Waals surface area contributed by atoms with E-state index in [-0.39, 0.29) is 6.42 Å². The second kappa shape index (κ2) is 7.12. The fraction of sp³-hybridized carbons (Fsp3) is 0.909. The van der Waals surface area contributed by atoms with Crippen LogP contribution in [-0.4, -0.2) is 34.7 Å². The number of aliphatic carboxylic acids is 1. The van der Waals surface area contributed by atoms with Gasteiger partial charge in [0.05, 0.1) is 0 Å². The second-order valence-electron chi connectivity index (χ2n) is 4.23. The standard InChI is InChI=1S/C11H21NO2S/c1-9(5-6-11(13)14)12-8-10-4-2-3-7-15-10/h9-10,12H,2-8H2,1H3,(H,13,14). The van der Waals surface area contributed by atoms with Crippen LogP contribution in [0.1, 0.15) is 39.0 Å². The zero-order valence-electron chi connectivity index (χ0n) is 9.37. The van der Waals surface area contributed by atoms with Gasteiger partial charge in [-0.05, 0) is 31.9 Å². The second-order valence-corrected chi connectivity index (χ2v) is 5.64. The lowest BCUT2D eigenvalue weighted by Crippen LogP contribution is -2.33. The SMILES string of the molecule is CC(CCC(=O)O)NCC1CCCCS1.